The SMILES string of the molecule is CCCC(C)Oc1nc(NN)nc(-n2cncn2)n1. The number of nitrogen functional groups attached to an aromatic ring is 1. The van der Waals surface area contributed by atoms with Crippen LogP contribution in [0, 0.1) is 0 Å². The van der Waals surface area contributed by atoms with Gasteiger partial charge in [-0.15, -0.1) is 0 Å². The summed E-state index contributed by atoms with van der Waals surface area (Å²) < 4.78 is 7.02. The molecule has 9 nitrogen and oxygen atoms in total. The topological polar surface area (TPSA) is 117 Å². The lowest BCUT2D eigenvalue weighted by Crippen LogP contribution is -2.18. The lowest BCUT2D eigenvalue weighted by molar-refractivity contribution is 0.192. The minimum absolute atomic E-state index is 0.0154. The van der Waals surface area contributed by atoms with Crippen molar-refractivity contribution in [2.24, 2.45) is 5.84 Å². The first-order valence-corrected chi connectivity index (χ1v) is 5.97. The Morgan fingerprint density at radius 3 is 2.89 bits per heavy atom. The molecule has 0 aromatic carbocycles. The van der Waals surface area contributed by atoms with Crippen LogP contribution in [0.5, 0.6) is 6.01 Å². The summed E-state index contributed by atoms with van der Waals surface area (Å²) in [6.07, 6.45) is 4.82. The first kappa shape index (κ1) is 13.1. The van der Waals surface area contributed by atoms with Crippen LogP contribution in [0.3, 0.4) is 0 Å². The number of hydrogen-bond donors (Lipinski definition) is 2. The zero-order valence-corrected chi connectivity index (χ0v) is 10.8. The summed E-state index contributed by atoms with van der Waals surface area (Å²) in [6.45, 7) is 4.04. The van der Waals surface area contributed by atoms with E-state index in [1.54, 1.807) is 0 Å². The first-order valence-electron chi connectivity index (χ1n) is 5.97. The fourth-order valence-corrected chi connectivity index (χ4v) is 1.52. The summed E-state index contributed by atoms with van der Waals surface area (Å²) >= 11 is 0. The van der Waals surface area contributed by atoms with Crippen molar-refractivity contribution < 1.29 is 4.74 Å². The van der Waals surface area contributed by atoms with Gasteiger partial charge in [-0.05, 0) is 13.3 Å². The molecule has 0 aliphatic rings. The lowest BCUT2D eigenvalue weighted by atomic mass is 10.2. The van der Waals surface area contributed by atoms with E-state index in [1.165, 1.54) is 17.3 Å². The minimum Gasteiger partial charge on any atom is -0.460 e. The molecular formula is C10H16N8O. The van der Waals surface area contributed by atoms with Crippen LogP contribution < -0.4 is 16.0 Å². The molecule has 1 atom stereocenters. The number of anilines is 1. The van der Waals surface area contributed by atoms with Gasteiger partial charge in [-0.2, -0.15) is 24.7 Å². The molecule has 0 aliphatic heterocycles. The van der Waals surface area contributed by atoms with Gasteiger partial charge >= 0.3 is 6.01 Å². The number of rotatable bonds is 6. The molecule has 2 rings (SSSR count). The molecule has 0 spiro atoms. The molecule has 2 aromatic rings. The Morgan fingerprint density at radius 2 is 2.26 bits per heavy atom. The predicted molar refractivity (Wildman–Crippen MR) is 67.6 cm³/mol. The maximum absolute atomic E-state index is 5.62. The second-order valence-corrected chi connectivity index (χ2v) is 3.94. The summed E-state index contributed by atoms with van der Waals surface area (Å²) in [5.41, 5.74) is 2.37. The van der Waals surface area contributed by atoms with E-state index in [9.17, 15) is 0 Å². The van der Waals surface area contributed by atoms with Crippen molar-refractivity contribution in [2.45, 2.75) is 32.8 Å². The van der Waals surface area contributed by atoms with E-state index in [4.69, 9.17) is 10.6 Å². The average molecular weight is 264 g/mol. The van der Waals surface area contributed by atoms with Crippen LogP contribution in [-0.4, -0.2) is 35.8 Å². The van der Waals surface area contributed by atoms with Crippen molar-refractivity contribution in [1.82, 2.24) is 29.7 Å². The first-order chi connectivity index (χ1) is 9.22. The number of hydrogen-bond acceptors (Lipinski definition) is 8. The molecule has 102 valence electrons. The maximum atomic E-state index is 5.62. The monoisotopic (exact) mass is 264 g/mol. The highest BCUT2D eigenvalue weighted by Gasteiger charge is 2.11. The molecule has 3 N–H and O–H groups in total. The van der Waals surface area contributed by atoms with E-state index in [2.05, 4.69) is 37.4 Å². The number of nitrogens with one attached hydrogen (secondary N) is 1. The molecule has 0 saturated carbocycles. The zero-order chi connectivity index (χ0) is 13.7. The van der Waals surface area contributed by atoms with Gasteiger partial charge in [-0.3, -0.25) is 5.43 Å². The highest BCUT2D eigenvalue weighted by Crippen LogP contribution is 2.12. The van der Waals surface area contributed by atoms with Crippen molar-refractivity contribution in [2.75, 3.05) is 5.43 Å². The van der Waals surface area contributed by atoms with Crippen LogP contribution in [-0.2, 0) is 0 Å². The van der Waals surface area contributed by atoms with Crippen molar-refractivity contribution in [3.8, 4) is 12.0 Å². The fourth-order valence-electron chi connectivity index (χ4n) is 1.52. The Balaban J connectivity index is 2.26. The molecule has 0 saturated heterocycles. The van der Waals surface area contributed by atoms with Gasteiger partial charge in [0, 0.05) is 0 Å². The third kappa shape index (κ3) is 3.35. The van der Waals surface area contributed by atoms with Gasteiger partial charge < -0.3 is 4.74 Å². The number of aromatic nitrogens is 6. The van der Waals surface area contributed by atoms with E-state index in [0.29, 0.717) is 5.95 Å². The molecule has 1 unspecified atom stereocenters. The average Bonchev–Trinajstić information content (AvgIpc) is 2.92. The smallest absolute Gasteiger partial charge is 0.323 e. The highest BCUT2D eigenvalue weighted by molar-refractivity contribution is 5.28. The third-order valence-corrected chi connectivity index (χ3v) is 2.36. The van der Waals surface area contributed by atoms with Crippen LogP contribution in [0.4, 0.5) is 5.95 Å². The number of ether oxygens (including phenoxy) is 1. The number of nitrogens with zero attached hydrogens (tertiary/aromatic N) is 6. The molecule has 0 fully saturated rings. The van der Waals surface area contributed by atoms with Crippen molar-refractivity contribution in [3.05, 3.63) is 12.7 Å². The standard InChI is InChI=1S/C10H16N8O/c1-3-4-7(2)19-10-15-8(17-11)14-9(16-10)18-6-12-5-13-18/h5-7H,3-4,11H2,1-2H3,(H,14,15,16,17). The van der Waals surface area contributed by atoms with Gasteiger partial charge in [0.05, 0.1) is 6.10 Å². The van der Waals surface area contributed by atoms with Gasteiger partial charge in [0.25, 0.3) is 5.95 Å². The fraction of sp³-hybridized carbons (Fsp3) is 0.500. The quantitative estimate of drug-likeness (QED) is 0.565. The second kappa shape index (κ2) is 6.05. The predicted octanol–water partition coefficient (Wildman–Crippen LogP) is 0.305. The van der Waals surface area contributed by atoms with E-state index in [0.717, 1.165) is 12.8 Å². The number of hydrazine groups is 1. The Hall–Kier alpha value is -2.29. The largest absolute Gasteiger partial charge is 0.460 e. The van der Waals surface area contributed by atoms with Crippen LogP contribution in [0.15, 0.2) is 12.7 Å². The summed E-state index contributed by atoms with van der Waals surface area (Å²) in [5, 5.41) is 3.95. The Bertz CT molecular complexity index is 514. The van der Waals surface area contributed by atoms with Crippen LogP contribution in [0.25, 0.3) is 5.95 Å². The minimum atomic E-state index is 0.0154. The summed E-state index contributed by atoms with van der Waals surface area (Å²) in [7, 11) is 0. The van der Waals surface area contributed by atoms with Crippen LogP contribution >= 0.6 is 0 Å². The molecule has 9 heteroatoms. The van der Waals surface area contributed by atoms with Gasteiger partial charge in [0.15, 0.2) is 0 Å². The lowest BCUT2D eigenvalue weighted by Gasteiger charge is -2.12. The van der Waals surface area contributed by atoms with Gasteiger partial charge in [0.1, 0.15) is 12.7 Å². The molecule has 0 bridgehead atoms. The van der Waals surface area contributed by atoms with Gasteiger partial charge in [0.2, 0.25) is 5.95 Å². The zero-order valence-electron chi connectivity index (χ0n) is 10.8. The van der Waals surface area contributed by atoms with Gasteiger partial charge in [-0.1, -0.05) is 13.3 Å². The molecule has 0 radical (unpaired) electrons. The van der Waals surface area contributed by atoms with Crippen molar-refractivity contribution in [1.29, 1.82) is 0 Å². The Morgan fingerprint density at radius 1 is 1.42 bits per heavy atom. The van der Waals surface area contributed by atoms with Crippen LogP contribution in [0.2, 0.25) is 0 Å². The van der Waals surface area contributed by atoms with E-state index >= 15 is 0 Å². The van der Waals surface area contributed by atoms with Crippen molar-refractivity contribution >= 4 is 5.95 Å². The summed E-state index contributed by atoms with van der Waals surface area (Å²) in [6, 6.07) is 0.203. The second-order valence-electron chi connectivity index (χ2n) is 3.94. The molecule has 2 heterocycles. The normalized spacial score (nSPS) is 12.2. The summed E-state index contributed by atoms with van der Waals surface area (Å²) in [4.78, 5) is 16.1. The Labute approximate surface area is 110 Å². The molecule has 2 aromatic heterocycles. The van der Waals surface area contributed by atoms with Crippen LogP contribution in [0.1, 0.15) is 26.7 Å². The van der Waals surface area contributed by atoms with E-state index in [-0.39, 0.29) is 18.1 Å². The summed E-state index contributed by atoms with van der Waals surface area (Å²) in [5.74, 6) is 5.83. The highest BCUT2D eigenvalue weighted by atomic mass is 16.5. The molecule has 0 amide bonds. The molecular weight excluding hydrogens is 248 g/mol. The van der Waals surface area contributed by atoms with Crippen molar-refractivity contribution in [3.63, 3.8) is 0 Å². The van der Waals surface area contributed by atoms with Gasteiger partial charge in [-0.25, -0.2) is 10.8 Å². The maximum Gasteiger partial charge on any atom is 0.323 e. The molecule has 19 heavy (non-hydrogen) atoms. The van der Waals surface area contributed by atoms with E-state index < -0.39 is 0 Å². The third-order valence-electron chi connectivity index (χ3n) is 2.36. The molecule has 0 aliphatic carbocycles. The van der Waals surface area contributed by atoms with E-state index in [1.807, 2.05) is 6.92 Å². The Kier molecular flexibility index (Phi) is 4.18. The number of nitrogens with two attached hydrogens (primary N) is 1.